The highest BCUT2D eigenvalue weighted by molar-refractivity contribution is 9.10. The van der Waals surface area contributed by atoms with E-state index in [4.69, 9.17) is 17.3 Å². The minimum Gasteiger partial charge on any atom is -0.343 e. The quantitative estimate of drug-likeness (QED) is 0.721. The van der Waals surface area contributed by atoms with Crippen LogP contribution < -0.4 is 5.73 Å². The number of rotatable bonds is 4. The van der Waals surface area contributed by atoms with Crippen LogP contribution in [0.3, 0.4) is 0 Å². The molecule has 0 bridgehead atoms. The van der Waals surface area contributed by atoms with Gasteiger partial charge in [-0.1, -0.05) is 51.8 Å². The van der Waals surface area contributed by atoms with Gasteiger partial charge in [0.05, 0.1) is 0 Å². The molecule has 0 fully saturated rings. The molecule has 3 rings (SSSR count). The van der Waals surface area contributed by atoms with E-state index in [0.717, 1.165) is 28.0 Å². The maximum absolute atomic E-state index is 6.34. The van der Waals surface area contributed by atoms with Crippen LogP contribution in [0, 0.1) is 0 Å². The summed E-state index contributed by atoms with van der Waals surface area (Å²) in [5.74, 6) is 0. The number of halogens is 2. The fraction of sp³-hybridized carbons (Fsp3) is 0.176. The molecule has 2 aromatic carbocycles. The van der Waals surface area contributed by atoms with E-state index in [1.807, 2.05) is 12.1 Å². The second kappa shape index (κ2) is 6.22. The summed E-state index contributed by atoms with van der Waals surface area (Å²) in [5.41, 5.74) is 9.34. The van der Waals surface area contributed by atoms with Crippen LogP contribution >= 0.6 is 27.5 Å². The maximum Gasteiger partial charge on any atom is 0.0491 e. The number of para-hydroxylation sites is 1. The van der Waals surface area contributed by atoms with E-state index in [0.29, 0.717) is 6.54 Å². The van der Waals surface area contributed by atoms with Crippen molar-refractivity contribution in [3.63, 3.8) is 0 Å². The van der Waals surface area contributed by atoms with Crippen molar-refractivity contribution < 1.29 is 0 Å². The molecule has 1 aromatic heterocycles. The number of nitrogens with zero attached hydrogens (tertiary/aromatic N) is 1. The monoisotopic (exact) mass is 362 g/mol. The Morgan fingerprint density at radius 2 is 1.90 bits per heavy atom. The smallest absolute Gasteiger partial charge is 0.0491 e. The van der Waals surface area contributed by atoms with Crippen molar-refractivity contribution in [3.05, 3.63) is 69.3 Å². The Morgan fingerprint density at radius 3 is 2.67 bits per heavy atom. The fourth-order valence-corrected chi connectivity index (χ4v) is 3.37. The number of benzene rings is 2. The van der Waals surface area contributed by atoms with Crippen LogP contribution in [0.5, 0.6) is 0 Å². The highest BCUT2D eigenvalue weighted by Gasteiger charge is 2.09. The molecule has 4 heteroatoms. The van der Waals surface area contributed by atoms with Gasteiger partial charge in [-0.15, -0.1) is 0 Å². The third-order valence-corrected chi connectivity index (χ3v) is 4.49. The molecule has 0 atom stereocenters. The summed E-state index contributed by atoms with van der Waals surface area (Å²) in [6, 6.07) is 14.4. The van der Waals surface area contributed by atoms with Crippen molar-refractivity contribution in [1.82, 2.24) is 4.57 Å². The van der Waals surface area contributed by atoms with Crippen LogP contribution in [0.15, 0.2) is 53.1 Å². The van der Waals surface area contributed by atoms with E-state index in [-0.39, 0.29) is 0 Å². The lowest BCUT2D eigenvalue weighted by Crippen LogP contribution is -2.02. The lowest BCUT2D eigenvalue weighted by molar-refractivity contribution is 0.827. The summed E-state index contributed by atoms with van der Waals surface area (Å²) in [6.07, 6.45) is 3.08. The van der Waals surface area contributed by atoms with E-state index >= 15 is 0 Å². The fourth-order valence-electron chi connectivity index (χ4n) is 2.64. The molecule has 0 saturated heterocycles. The molecule has 108 valence electrons. The number of hydrogen-bond donors (Lipinski definition) is 1. The summed E-state index contributed by atoms with van der Waals surface area (Å²) < 4.78 is 3.24. The van der Waals surface area contributed by atoms with Gasteiger partial charge in [-0.3, -0.25) is 0 Å². The Balaban J connectivity index is 2.04. The maximum atomic E-state index is 6.34. The molecule has 0 aliphatic rings. The van der Waals surface area contributed by atoms with Crippen LogP contribution in [-0.2, 0) is 13.0 Å². The predicted molar refractivity (Wildman–Crippen MR) is 93.0 cm³/mol. The zero-order chi connectivity index (χ0) is 14.8. The summed E-state index contributed by atoms with van der Waals surface area (Å²) in [4.78, 5) is 0. The molecule has 2 N–H and O–H groups in total. The molecular formula is C17H16BrClN2. The highest BCUT2D eigenvalue weighted by Crippen LogP contribution is 2.26. The molecular weight excluding hydrogens is 348 g/mol. The molecule has 21 heavy (non-hydrogen) atoms. The Hall–Kier alpha value is -1.29. The highest BCUT2D eigenvalue weighted by atomic mass is 79.9. The summed E-state index contributed by atoms with van der Waals surface area (Å²) >= 11 is 9.78. The van der Waals surface area contributed by atoms with Gasteiger partial charge in [0, 0.05) is 33.1 Å². The van der Waals surface area contributed by atoms with E-state index < -0.39 is 0 Å². The van der Waals surface area contributed by atoms with E-state index in [1.54, 1.807) is 0 Å². The molecule has 3 aromatic rings. The molecule has 0 spiro atoms. The first-order valence-electron chi connectivity index (χ1n) is 6.90. The Labute approximate surface area is 137 Å². The predicted octanol–water partition coefficient (Wildman–Crippen LogP) is 4.61. The van der Waals surface area contributed by atoms with E-state index in [2.05, 4.69) is 57.0 Å². The Bertz CT molecular complexity index is 780. The first-order chi connectivity index (χ1) is 10.2. The molecule has 2 nitrogen and oxygen atoms in total. The van der Waals surface area contributed by atoms with Gasteiger partial charge < -0.3 is 10.3 Å². The standard InChI is InChI=1S/C17H16BrClN2/c18-14-6-5-13(16(19)9-14)11-21-10-12(7-8-20)15-3-1-2-4-17(15)21/h1-6,9-10H,7-8,11,20H2. The van der Waals surface area contributed by atoms with Gasteiger partial charge in [-0.25, -0.2) is 0 Å². The van der Waals surface area contributed by atoms with Crippen molar-refractivity contribution in [2.45, 2.75) is 13.0 Å². The summed E-state index contributed by atoms with van der Waals surface area (Å²) in [5, 5.41) is 2.05. The van der Waals surface area contributed by atoms with Crippen molar-refractivity contribution in [2.75, 3.05) is 6.54 Å². The SMILES string of the molecule is NCCc1cn(Cc2ccc(Br)cc2Cl)c2ccccc12. The lowest BCUT2D eigenvalue weighted by atomic mass is 10.1. The zero-order valence-corrected chi connectivity index (χ0v) is 13.9. The molecule has 0 radical (unpaired) electrons. The summed E-state index contributed by atoms with van der Waals surface area (Å²) in [6.45, 7) is 1.42. The third kappa shape index (κ3) is 3.00. The zero-order valence-electron chi connectivity index (χ0n) is 11.5. The Kier molecular flexibility index (Phi) is 4.34. The average molecular weight is 364 g/mol. The lowest BCUT2D eigenvalue weighted by Gasteiger charge is -2.08. The van der Waals surface area contributed by atoms with Crippen molar-refractivity contribution in [3.8, 4) is 0 Å². The van der Waals surface area contributed by atoms with Gasteiger partial charge in [-0.2, -0.15) is 0 Å². The topological polar surface area (TPSA) is 30.9 Å². The van der Waals surface area contributed by atoms with Gasteiger partial charge in [0.15, 0.2) is 0 Å². The average Bonchev–Trinajstić information content (AvgIpc) is 2.81. The van der Waals surface area contributed by atoms with Gasteiger partial charge >= 0.3 is 0 Å². The number of fused-ring (bicyclic) bond motifs is 1. The second-order valence-corrected chi connectivity index (χ2v) is 6.40. The van der Waals surface area contributed by atoms with Gasteiger partial charge in [0.25, 0.3) is 0 Å². The molecule has 1 heterocycles. The van der Waals surface area contributed by atoms with Crippen LogP contribution in [0.4, 0.5) is 0 Å². The van der Waals surface area contributed by atoms with Crippen molar-refractivity contribution in [2.24, 2.45) is 5.73 Å². The Morgan fingerprint density at radius 1 is 1.10 bits per heavy atom. The van der Waals surface area contributed by atoms with E-state index in [9.17, 15) is 0 Å². The molecule has 0 amide bonds. The van der Waals surface area contributed by atoms with Crippen LogP contribution in [0.1, 0.15) is 11.1 Å². The largest absolute Gasteiger partial charge is 0.343 e. The van der Waals surface area contributed by atoms with E-state index in [1.165, 1.54) is 16.5 Å². The van der Waals surface area contributed by atoms with Gasteiger partial charge in [0.2, 0.25) is 0 Å². The summed E-state index contributed by atoms with van der Waals surface area (Å²) in [7, 11) is 0. The number of hydrogen-bond acceptors (Lipinski definition) is 1. The molecule has 0 unspecified atom stereocenters. The molecule has 0 saturated carbocycles. The minimum atomic E-state index is 0.660. The first-order valence-corrected chi connectivity index (χ1v) is 8.07. The van der Waals surface area contributed by atoms with Crippen LogP contribution in [0.2, 0.25) is 5.02 Å². The van der Waals surface area contributed by atoms with Gasteiger partial charge in [-0.05, 0) is 42.3 Å². The van der Waals surface area contributed by atoms with Crippen LogP contribution in [-0.4, -0.2) is 11.1 Å². The van der Waals surface area contributed by atoms with Crippen molar-refractivity contribution in [1.29, 1.82) is 0 Å². The number of aromatic nitrogens is 1. The van der Waals surface area contributed by atoms with Crippen molar-refractivity contribution >= 4 is 38.4 Å². The minimum absolute atomic E-state index is 0.660. The second-order valence-electron chi connectivity index (χ2n) is 5.07. The third-order valence-electron chi connectivity index (χ3n) is 3.64. The molecule has 0 aliphatic heterocycles. The first kappa shape index (κ1) is 14.6. The normalized spacial score (nSPS) is 11.2. The van der Waals surface area contributed by atoms with Crippen LogP contribution in [0.25, 0.3) is 10.9 Å². The number of nitrogens with two attached hydrogens (primary N) is 1. The molecule has 0 aliphatic carbocycles. The van der Waals surface area contributed by atoms with Gasteiger partial charge in [0.1, 0.15) is 0 Å².